The lowest BCUT2D eigenvalue weighted by Gasteiger charge is -2.08. The van der Waals surface area contributed by atoms with E-state index >= 15 is 0 Å². The molecule has 3 N–H and O–H groups in total. The minimum Gasteiger partial charge on any atom is -0.481 e. The van der Waals surface area contributed by atoms with Gasteiger partial charge in [-0.15, -0.1) is 6.42 Å². The fourth-order valence-corrected chi connectivity index (χ4v) is 2.13. The zero-order valence-electron chi connectivity index (χ0n) is 14.5. The normalized spacial score (nSPS) is 9.85. The second kappa shape index (κ2) is 9.87. The van der Waals surface area contributed by atoms with Gasteiger partial charge in [0.25, 0.3) is 11.8 Å². The van der Waals surface area contributed by atoms with E-state index in [9.17, 15) is 9.59 Å². The maximum atomic E-state index is 12.2. The number of amides is 2. The average Bonchev–Trinajstić information content (AvgIpc) is 2.69. The molecule has 0 bridgehead atoms. The van der Waals surface area contributed by atoms with E-state index in [2.05, 4.69) is 22.1 Å². The van der Waals surface area contributed by atoms with E-state index in [1.54, 1.807) is 48.5 Å². The average molecular weight is 351 g/mol. The molecule has 2 aromatic carbocycles. The molecular formula is C20H21N3O3. The van der Waals surface area contributed by atoms with Crippen LogP contribution in [0.25, 0.3) is 0 Å². The van der Waals surface area contributed by atoms with Crippen LogP contribution in [0.3, 0.4) is 0 Å². The van der Waals surface area contributed by atoms with Gasteiger partial charge in [0, 0.05) is 24.2 Å². The Labute approximate surface area is 152 Å². The maximum absolute atomic E-state index is 12.2. The number of carbonyl (C=O) groups is 2. The van der Waals surface area contributed by atoms with Gasteiger partial charge in [-0.1, -0.05) is 25.0 Å². The lowest BCUT2D eigenvalue weighted by molar-refractivity contribution is 0.0930. The van der Waals surface area contributed by atoms with Gasteiger partial charge in [0.2, 0.25) is 0 Å². The monoisotopic (exact) mass is 351 g/mol. The van der Waals surface area contributed by atoms with Crippen LogP contribution in [0, 0.1) is 12.3 Å². The Morgan fingerprint density at radius 2 is 1.62 bits per heavy atom. The first-order valence-corrected chi connectivity index (χ1v) is 8.20. The van der Waals surface area contributed by atoms with Gasteiger partial charge in [0.1, 0.15) is 12.4 Å². The SMILES string of the molecule is C#CCOc1ccc(C(=O)NCc2ccc(C(=O)NNCC)cc2)cc1. The number of hydrogen-bond acceptors (Lipinski definition) is 4. The predicted octanol–water partition coefficient (Wildman–Crippen LogP) is 1.88. The highest BCUT2D eigenvalue weighted by molar-refractivity contribution is 5.94. The van der Waals surface area contributed by atoms with Crippen LogP contribution >= 0.6 is 0 Å². The summed E-state index contributed by atoms with van der Waals surface area (Å²) in [6.45, 7) is 3.09. The molecule has 0 radical (unpaired) electrons. The number of hydrogen-bond donors (Lipinski definition) is 3. The highest BCUT2D eigenvalue weighted by atomic mass is 16.5. The van der Waals surface area contributed by atoms with Gasteiger partial charge in [0.05, 0.1) is 0 Å². The lowest BCUT2D eigenvalue weighted by atomic mass is 10.1. The first-order chi connectivity index (χ1) is 12.6. The maximum Gasteiger partial charge on any atom is 0.265 e. The summed E-state index contributed by atoms with van der Waals surface area (Å²) >= 11 is 0. The summed E-state index contributed by atoms with van der Waals surface area (Å²) in [6, 6.07) is 13.8. The molecule has 0 unspecified atom stereocenters. The van der Waals surface area contributed by atoms with Crippen LogP contribution in [-0.4, -0.2) is 25.0 Å². The Morgan fingerprint density at radius 1 is 1.00 bits per heavy atom. The Balaban J connectivity index is 1.87. The molecule has 0 spiro atoms. The fourth-order valence-electron chi connectivity index (χ4n) is 2.13. The van der Waals surface area contributed by atoms with E-state index in [0.717, 1.165) is 5.56 Å². The van der Waals surface area contributed by atoms with Crippen molar-refractivity contribution in [3.05, 3.63) is 65.2 Å². The number of hydrazine groups is 1. The molecular weight excluding hydrogens is 330 g/mol. The molecule has 26 heavy (non-hydrogen) atoms. The molecule has 2 amide bonds. The third kappa shape index (κ3) is 5.65. The fraction of sp³-hybridized carbons (Fsp3) is 0.200. The first-order valence-electron chi connectivity index (χ1n) is 8.20. The molecule has 0 fully saturated rings. The molecule has 6 heteroatoms. The van der Waals surface area contributed by atoms with Gasteiger partial charge in [-0.3, -0.25) is 15.0 Å². The highest BCUT2D eigenvalue weighted by Gasteiger charge is 2.07. The van der Waals surface area contributed by atoms with Crippen molar-refractivity contribution in [3.8, 4) is 18.1 Å². The molecule has 0 atom stereocenters. The number of carbonyl (C=O) groups excluding carboxylic acids is 2. The zero-order valence-corrected chi connectivity index (χ0v) is 14.5. The topological polar surface area (TPSA) is 79.5 Å². The third-order valence-corrected chi connectivity index (χ3v) is 3.49. The van der Waals surface area contributed by atoms with Crippen molar-refractivity contribution < 1.29 is 14.3 Å². The molecule has 0 aromatic heterocycles. The Kier molecular flexibility index (Phi) is 7.22. The van der Waals surface area contributed by atoms with E-state index in [4.69, 9.17) is 11.2 Å². The van der Waals surface area contributed by atoms with Gasteiger partial charge in [-0.25, -0.2) is 5.43 Å². The molecule has 0 aliphatic heterocycles. The number of terminal acetylenes is 1. The highest BCUT2D eigenvalue weighted by Crippen LogP contribution is 2.12. The number of benzene rings is 2. The second-order valence-electron chi connectivity index (χ2n) is 5.38. The summed E-state index contributed by atoms with van der Waals surface area (Å²) < 4.78 is 5.27. The van der Waals surface area contributed by atoms with E-state index in [1.165, 1.54) is 0 Å². The smallest absolute Gasteiger partial charge is 0.265 e. The predicted molar refractivity (Wildman–Crippen MR) is 99.5 cm³/mol. The van der Waals surface area contributed by atoms with Crippen molar-refractivity contribution in [2.24, 2.45) is 0 Å². The van der Waals surface area contributed by atoms with Gasteiger partial charge in [0.15, 0.2) is 0 Å². The van der Waals surface area contributed by atoms with Gasteiger partial charge >= 0.3 is 0 Å². The van der Waals surface area contributed by atoms with Crippen LogP contribution in [-0.2, 0) is 6.54 Å². The third-order valence-electron chi connectivity index (χ3n) is 3.49. The van der Waals surface area contributed by atoms with Crippen molar-refractivity contribution in [2.45, 2.75) is 13.5 Å². The molecule has 6 nitrogen and oxygen atoms in total. The van der Waals surface area contributed by atoms with Crippen LogP contribution in [0.4, 0.5) is 0 Å². The van der Waals surface area contributed by atoms with Crippen LogP contribution in [0.1, 0.15) is 33.2 Å². The van der Waals surface area contributed by atoms with Crippen molar-refractivity contribution >= 4 is 11.8 Å². The summed E-state index contributed by atoms with van der Waals surface area (Å²) in [5, 5.41) is 2.84. The quantitative estimate of drug-likeness (QED) is 0.501. The largest absolute Gasteiger partial charge is 0.481 e. The minimum atomic E-state index is -0.199. The molecule has 0 saturated heterocycles. The first kappa shape index (κ1) is 19.0. The van der Waals surface area contributed by atoms with E-state index in [0.29, 0.717) is 30.0 Å². The van der Waals surface area contributed by atoms with Gasteiger partial charge in [-0.05, 0) is 42.0 Å². The molecule has 0 saturated carbocycles. The molecule has 2 rings (SSSR count). The van der Waals surface area contributed by atoms with Crippen molar-refractivity contribution in [1.29, 1.82) is 0 Å². The zero-order chi connectivity index (χ0) is 18.8. The summed E-state index contributed by atoms with van der Waals surface area (Å²) in [7, 11) is 0. The number of nitrogens with one attached hydrogen (secondary N) is 3. The van der Waals surface area contributed by atoms with Crippen LogP contribution in [0.15, 0.2) is 48.5 Å². The Bertz CT molecular complexity index is 777. The van der Waals surface area contributed by atoms with Crippen molar-refractivity contribution in [3.63, 3.8) is 0 Å². The van der Waals surface area contributed by atoms with Crippen molar-refractivity contribution in [1.82, 2.24) is 16.2 Å². The van der Waals surface area contributed by atoms with Crippen molar-refractivity contribution in [2.75, 3.05) is 13.2 Å². The van der Waals surface area contributed by atoms with E-state index < -0.39 is 0 Å². The van der Waals surface area contributed by atoms with E-state index in [-0.39, 0.29) is 18.4 Å². The summed E-state index contributed by atoms with van der Waals surface area (Å²) in [5.41, 5.74) is 7.30. The van der Waals surface area contributed by atoms with Gasteiger partial charge < -0.3 is 10.1 Å². The minimum absolute atomic E-state index is 0.189. The summed E-state index contributed by atoms with van der Waals surface area (Å²) in [5.74, 6) is 2.61. The number of rotatable bonds is 8. The molecule has 134 valence electrons. The standard InChI is InChI=1S/C20H21N3O3/c1-3-13-26-18-11-9-16(10-12-18)19(24)21-14-15-5-7-17(8-6-15)20(25)23-22-4-2/h1,5-12,22H,4,13-14H2,2H3,(H,21,24)(H,23,25). The molecule has 0 aliphatic rings. The van der Waals surface area contributed by atoms with Gasteiger partial charge in [-0.2, -0.15) is 0 Å². The lowest BCUT2D eigenvalue weighted by Crippen LogP contribution is -2.37. The Hall–Kier alpha value is -3.30. The van der Waals surface area contributed by atoms with E-state index in [1.807, 2.05) is 6.92 Å². The Morgan fingerprint density at radius 3 is 2.23 bits per heavy atom. The molecule has 0 heterocycles. The summed E-state index contributed by atoms with van der Waals surface area (Å²) in [6.07, 6.45) is 5.13. The second-order valence-corrected chi connectivity index (χ2v) is 5.38. The van der Waals surface area contributed by atoms with Crippen LogP contribution in [0.5, 0.6) is 5.75 Å². The molecule has 0 aliphatic carbocycles. The molecule has 2 aromatic rings. The van der Waals surface area contributed by atoms with Crippen LogP contribution < -0.4 is 20.9 Å². The van der Waals surface area contributed by atoms with Crippen LogP contribution in [0.2, 0.25) is 0 Å². The summed E-state index contributed by atoms with van der Waals surface area (Å²) in [4.78, 5) is 24.0. The number of ether oxygens (including phenoxy) is 1.